The quantitative estimate of drug-likeness (QED) is 0.760. The fourth-order valence-corrected chi connectivity index (χ4v) is 2.62. The second-order valence-electron chi connectivity index (χ2n) is 3.92. The second kappa shape index (κ2) is 5.61. The number of hydrogen-bond donors (Lipinski definition) is 1. The number of hydrogen-bond acceptors (Lipinski definition) is 3. The molecular weight excluding hydrogens is 196 g/mol. The zero-order valence-electron chi connectivity index (χ0n) is 9.03. The Morgan fingerprint density at radius 1 is 1.71 bits per heavy atom. The fraction of sp³-hybridized carbons (Fsp3) is 0.900. The van der Waals surface area contributed by atoms with E-state index >= 15 is 0 Å². The molecule has 2 N–H and O–H groups in total. The summed E-state index contributed by atoms with van der Waals surface area (Å²) in [5.41, 5.74) is 5.64. The van der Waals surface area contributed by atoms with E-state index in [1.165, 1.54) is 0 Å². The molecule has 0 aromatic rings. The number of thioether (sulfide) groups is 1. The number of nitrogens with two attached hydrogens (primary N) is 1. The molecule has 1 aliphatic rings. The van der Waals surface area contributed by atoms with E-state index in [-0.39, 0.29) is 11.8 Å². The molecule has 2 atom stereocenters. The molecule has 0 spiro atoms. The minimum absolute atomic E-state index is 0.136. The topological polar surface area (TPSA) is 46.3 Å². The Hall–Kier alpha value is -0.220. The molecule has 3 nitrogen and oxygen atoms in total. The van der Waals surface area contributed by atoms with Gasteiger partial charge in [-0.05, 0) is 19.1 Å². The first-order chi connectivity index (χ1) is 6.70. The van der Waals surface area contributed by atoms with Crippen LogP contribution in [0, 0.1) is 5.92 Å². The van der Waals surface area contributed by atoms with Crippen molar-refractivity contribution in [2.45, 2.75) is 25.8 Å². The van der Waals surface area contributed by atoms with Gasteiger partial charge in [0, 0.05) is 30.8 Å². The Labute approximate surface area is 90.4 Å². The molecule has 1 amide bonds. The maximum absolute atomic E-state index is 12.0. The summed E-state index contributed by atoms with van der Waals surface area (Å²) in [5.74, 6) is 1.33. The van der Waals surface area contributed by atoms with Gasteiger partial charge in [0.15, 0.2) is 0 Å². The lowest BCUT2D eigenvalue weighted by molar-refractivity contribution is -0.134. The van der Waals surface area contributed by atoms with E-state index in [0.717, 1.165) is 25.1 Å². The van der Waals surface area contributed by atoms with E-state index in [9.17, 15) is 4.79 Å². The zero-order chi connectivity index (χ0) is 10.6. The molecule has 82 valence electrons. The molecule has 1 heterocycles. The maximum Gasteiger partial charge on any atom is 0.226 e. The minimum atomic E-state index is 0.136. The van der Waals surface area contributed by atoms with Crippen molar-refractivity contribution in [1.29, 1.82) is 0 Å². The van der Waals surface area contributed by atoms with Crippen molar-refractivity contribution in [3.05, 3.63) is 0 Å². The molecule has 0 bridgehead atoms. The van der Waals surface area contributed by atoms with Gasteiger partial charge in [-0.1, -0.05) is 6.92 Å². The van der Waals surface area contributed by atoms with Crippen LogP contribution < -0.4 is 5.73 Å². The summed E-state index contributed by atoms with van der Waals surface area (Å²) in [6.45, 7) is 3.52. The highest BCUT2D eigenvalue weighted by molar-refractivity contribution is 7.98. The summed E-state index contributed by atoms with van der Waals surface area (Å²) >= 11 is 1.73. The molecule has 1 fully saturated rings. The van der Waals surface area contributed by atoms with E-state index in [4.69, 9.17) is 5.73 Å². The van der Waals surface area contributed by atoms with Crippen molar-refractivity contribution in [1.82, 2.24) is 4.90 Å². The van der Waals surface area contributed by atoms with Crippen LogP contribution >= 0.6 is 11.8 Å². The summed E-state index contributed by atoms with van der Waals surface area (Å²) in [5, 5.41) is 0. The first-order valence-electron chi connectivity index (χ1n) is 5.20. The second-order valence-corrected chi connectivity index (χ2v) is 4.83. The van der Waals surface area contributed by atoms with Crippen molar-refractivity contribution >= 4 is 17.7 Å². The SMILES string of the molecule is CSCC(C)C(=O)N1CCCC1CN. The monoisotopic (exact) mass is 216 g/mol. The van der Waals surface area contributed by atoms with Gasteiger partial charge in [-0.2, -0.15) is 11.8 Å². The number of nitrogens with zero attached hydrogens (tertiary/aromatic N) is 1. The number of carbonyl (C=O) groups is 1. The lowest BCUT2D eigenvalue weighted by atomic mass is 10.1. The van der Waals surface area contributed by atoms with E-state index < -0.39 is 0 Å². The average Bonchev–Trinajstić information content (AvgIpc) is 2.64. The Morgan fingerprint density at radius 3 is 3.00 bits per heavy atom. The standard InChI is InChI=1S/C10H20N2OS/c1-8(7-14-2)10(13)12-5-3-4-9(12)6-11/h8-9H,3-7,11H2,1-2H3. The Balaban J connectivity index is 2.50. The van der Waals surface area contributed by atoms with Crippen LogP contribution in [0.2, 0.25) is 0 Å². The molecule has 1 saturated heterocycles. The van der Waals surface area contributed by atoms with Crippen molar-refractivity contribution in [2.24, 2.45) is 11.7 Å². The van der Waals surface area contributed by atoms with Crippen LogP contribution in [0.3, 0.4) is 0 Å². The molecule has 0 saturated carbocycles. The van der Waals surface area contributed by atoms with Crippen molar-refractivity contribution in [3.8, 4) is 0 Å². The number of carbonyl (C=O) groups excluding carboxylic acids is 1. The van der Waals surface area contributed by atoms with Gasteiger partial charge >= 0.3 is 0 Å². The summed E-state index contributed by atoms with van der Waals surface area (Å²) in [6.07, 6.45) is 4.22. The third-order valence-electron chi connectivity index (χ3n) is 2.77. The van der Waals surface area contributed by atoms with Crippen LogP contribution in [0.4, 0.5) is 0 Å². The molecular formula is C10H20N2OS. The largest absolute Gasteiger partial charge is 0.338 e. The van der Waals surface area contributed by atoms with Crippen LogP contribution in [0.1, 0.15) is 19.8 Å². The minimum Gasteiger partial charge on any atom is -0.338 e. The zero-order valence-corrected chi connectivity index (χ0v) is 9.85. The molecule has 4 heteroatoms. The van der Waals surface area contributed by atoms with Crippen LogP contribution in [-0.4, -0.2) is 41.9 Å². The molecule has 1 rings (SSSR count). The maximum atomic E-state index is 12.0. The van der Waals surface area contributed by atoms with Crippen LogP contribution in [-0.2, 0) is 4.79 Å². The number of amides is 1. The average molecular weight is 216 g/mol. The highest BCUT2D eigenvalue weighted by Crippen LogP contribution is 2.19. The smallest absolute Gasteiger partial charge is 0.226 e. The fourth-order valence-electron chi connectivity index (χ4n) is 1.98. The van der Waals surface area contributed by atoms with Gasteiger partial charge in [-0.25, -0.2) is 0 Å². The third-order valence-corrected chi connectivity index (χ3v) is 3.60. The molecule has 2 unspecified atom stereocenters. The molecule has 0 aromatic heterocycles. The summed E-state index contributed by atoms with van der Waals surface area (Å²) in [4.78, 5) is 13.9. The third kappa shape index (κ3) is 2.64. The summed E-state index contributed by atoms with van der Waals surface area (Å²) < 4.78 is 0. The molecule has 0 aromatic carbocycles. The van der Waals surface area contributed by atoms with Crippen LogP contribution in [0.25, 0.3) is 0 Å². The van der Waals surface area contributed by atoms with Gasteiger partial charge < -0.3 is 10.6 Å². The molecule has 1 aliphatic heterocycles. The molecule has 14 heavy (non-hydrogen) atoms. The van der Waals surface area contributed by atoms with Crippen molar-refractivity contribution in [2.75, 3.05) is 25.1 Å². The van der Waals surface area contributed by atoms with Gasteiger partial charge in [0.05, 0.1) is 0 Å². The predicted molar refractivity (Wildman–Crippen MR) is 61.3 cm³/mol. The van der Waals surface area contributed by atoms with Crippen molar-refractivity contribution in [3.63, 3.8) is 0 Å². The first-order valence-corrected chi connectivity index (χ1v) is 6.59. The van der Waals surface area contributed by atoms with Gasteiger partial charge in [-0.15, -0.1) is 0 Å². The lowest BCUT2D eigenvalue weighted by Crippen LogP contribution is -2.42. The van der Waals surface area contributed by atoms with Gasteiger partial charge in [-0.3, -0.25) is 4.79 Å². The van der Waals surface area contributed by atoms with Gasteiger partial charge in [0.25, 0.3) is 0 Å². The highest BCUT2D eigenvalue weighted by atomic mass is 32.2. The van der Waals surface area contributed by atoms with Gasteiger partial charge in [0.1, 0.15) is 0 Å². The summed E-state index contributed by atoms with van der Waals surface area (Å²) in [7, 11) is 0. The Morgan fingerprint density at radius 2 is 2.43 bits per heavy atom. The van der Waals surface area contributed by atoms with E-state index in [1.807, 2.05) is 18.1 Å². The van der Waals surface area contributed by atoms with E-state index in [2.05, 4.69) is 0 Å². The highest BCUT2D eigenvalue weighted by Gasteiger charge is 2.29. The lowest BCUT2D eigenvalue weighted by Gasteiger charge is -2.26. The number of rotatable bonds is 4. The molecule has 0 aliphatic carbocycles. The van der Waals surface area contributed by atoms with E-state index in [1.54, 1.807) is 11.8 Å². The van der Waals surface area contributed by atoms with Gasteiger partial charge in [0.2, 0.25) is 5.91 Å². The first kappa shape index (κ1) is 11.9. The summed E-state index contributed by atoms with van der Waals surface area (Å²) in [6, 6.07) is 0.298. The normalized spacial score (nSPS) is 23.9. The molecule has 0 radical (unpaired) electrons. The Bertz CT molecular complexity index is 199. The van der Waals surface area contributed by atoms with E-state index in [0.29, 0.717) is 12.6 Å². The van der Waals surface area contributed by atoms with Crippen LogP contribution in [0.5, 0.6) is 0 Å². The Kier molecular flexibility index (Phi) is 4.75. The number of likely N-dealkylation sites (tertiary alicyclic amines) is 1. The van der Waals surface area contributed by atoms with Crippen LogP contribution in [0.15, 0.2) is 0 Å². The predicted octanol–water partition coefficient (Wildman–Crippen LogP) is 0.935. The van der Waals surface area contributed by atoms with Crippen molar-refractivity contribution < 1.29 is 4.79 Å².